The largest absolute Gasteiger partial charge is 0.349 e. The molecule has 0 unspecified atom stereocenters. The van der Waals surface area contributed by atoms with E-state index < -0.39 is 10.0 Å². The minimum Gasteiger partial charge on any atom is -0.349 e. The fourth-order valence-corrected chi connectivity index (χ4v) is 3.69. The van der Waals surface area contributed by atoms with Crippen LogP contribution in [0.3, 0.4) is 0 Å². The molecule has 1 rings (SSSR count). The lowest BCUT2D eigenvalue weighted by Gasteiger charge is -2.25. The van der Waals surface area contributed by atoms with Crippen LogP contribution in [0.2, 0.25) is 0 Å². The van der Waals surface area contributed by atoms with Crippen LogP contribution in [0.25, 0.3) is 0 Å². The molecule has 0 amide bonds. The third-order valence-corrected chi connectivity index (χ3v) is 4.83. The average molecular weight is 301 g/mol. The lowest BCUT2D eigenvalue weighted by Crippen LogP contribution is -2.34. The van der Waals surface area contributed by atoms with Gasteiger partial charge in [0.2, 0.25) is 10.0 Å². The molecule has 0 bridgehead atoms. The third-order valence-electron chi connectivity index (χ3n) is 3.06. The third kappa shape index (κ3) is 4.07. The zero-order valence-corrected chi connectivity index (χ0v) is 14.2. The maximum Gasteiger partial charge on any atom is 0.244 e. The van der Waals surface area contributed by atoms with Crippen molar-refractivity contribution in [2.45, 2.75) is 45.7 Å². The van der Waals surface area contributed by atoms with E-state index in [1.165, 1.54) is 4.31 Å². The summed E-state index contributed by atoms with van der Waals surface area (Å²) in [7, 11) is 0.0770. The zero-order chi connectivity index (χ0) is 15.6. The molecule has 0 saturated carbocycles. The van der Waals surface area contributed by atoms with Gasteiger partial charge in [-0.2, -0.15) is 0 Å². The Morgan fingerprint density at radius 2 is 1.95 bits per heavy atom. The molecule has 20 heavy (non-hydrogen) atoms. The van der Waals surface area contributed by atoms with Crippen molar-refractivity contribution in [3.05, 3.63) is 18.0 Å². The van der Waals surface area contributed by atoms with Crippen LogP contribution in [0.1, 0.15) is 33.4 Å². The Morgan fingerprint density at radius 1 is 1.35 bits per heavy atom. The van der Waals surface area contributed by atoms with Crippen LogP contribution >= 0.6 is 0 Å². The molecule has 0 radical (unpaired) electrons. The number of hydrogen-bond donors (Lipinski definition) is 1. The van der Waals surface area contributed by atoms with E-state index in [0.717, 1.165) is 12.2 Å². The van der Waals surface area contributed by atoms with Crippen LogP contribution < -0.4 is 5.32 Å². The summed E-state index contributed by atoms with van der Waals surface area (Å²) in [5.41, 5.74) is 0.917. The van der Waals surface area contributed by atoms with Crippen molar-refractivity contribution in [2.24, 2.45) is 5.41 Å². The average Bonchev–Trinajstić information content (AvgIpc) is 2.71. The highest BCUT2D eigenvalue weighted by molar-refractivity contribution is 7.89. The first-order valence-electron chi connectivity index (χ1n) is 6.92. The minimum atomic E-state index is -3.42. The SMILES string of the molecule is CCn1cc(S(=O)(=O)N(C)CC(C)(C)C)cc1CNC. The summed E-state index contributed by atoms with van der Waals surface area (Å²) in [4.78, 5) is 0.372. The Labute approximate surface area is 123 Å². The van der Waals surface area contributed by atoms with Crippen LogP contribution in [-0.4, -0.2) is 37.9 Å². The van der Waals surface area contributed by atoms with Gasteiger partial charge in [0.1, 0.15) is 4.90 Å². The Morgan fingerprint density at radius 3 is 2.40 bits per heavy atom. The minimum absolute atomic E-state index is 0.0665. The second-order valence-electron chi connectivity index (χ2n) is 6.31. The molecule has 0 saturated heterocycles. The number of sulfonamides is 1. The van der Waals surface area contributed by atoms with E-state index in [0.29, 0.717) is 18.0 Å². The number of nitrogens with zero attached hydrogens (tertiary/aromatic N) is 2. The molecule has 5 nitrogen and oxygen atoms in total. The summed E-state index contributed by atoms with van der Waals surface area (Å²) >= 11 is 0. The van der Waals surface area contributed by atoms with Gasteiger partial charge in [0, 0.05) is 38.6 Å². The summed E-state index contributed by atoms with van der Waals surface area (Å²) in [5.74, 6) is 0. The fourth-order valence-electron chi connectivity index (χ4n) is 2.22. The van der Waals surface area contributed by atoms with Crippen LogP contribution in [0.5, 0.6) is 0 Å². The molecule has 1 aromatic rings. The van der Waals surface area contributed by atoms with E-state index in [2.05, 4.69) is 5.32 Å². The summed E-state index contributed by atoms with van der Waals surface area (Å²) in [5, 5.41) is 3.06. The van der Waals surface area contributed by atoms with Crippen LogP contribution in [-0.2, 0) is 23.1 Å². The van der Waals surface area contributed by atoms with E-state index in [4.69, 9.17) is 0 Å². The zero-order valence-electron chi connectivity index (χ0n) is 13.4. The van der Waals surface area contributed by atoms with Crippen molar-refractivity contribution in [3.63, 3.8) is 0 Å². The quantitative estimate of drug-likeness (QED) is 0.873. The Bertz CT molecular complexity index is 541. The van der Waals surface area contributed by atoms with E-state index in [1.54, 1.807) is 19.3 Å². The Hall–Kier alpha value is -0.850. The standard InChI is InChI=1S/C14H27N3O2S/c1-7-17-10-13(8-12(17)9-15-5)20(18,19)16(6)11-14(2,3)4/h8,10,15H,7,9,11H2,1-6H3. The van der Waals surface area contributed by atoms with Gasteiger partial charge in [0.15, 0.2) is 0 Å². The lowest BCUT2D eigenvalue weighted by molar-refractivity contribution is 0.311. The van der Waals surface area contributed by atoms with Crippen molar-refractivity contribution in [2.75, 3.05) is 20.6 Å². The highest BCUT2D eigenvalue weighted by Gasteiger charge is 2.26. The number of hydrogen-bond acceptors (Lipinski definition) is 3. The van der Waals surface area contributed by atoms with Gasteiger partial charge in [-0.25, -0.2) is 12.7 Å². The molecule has 0 spiro atoms. The second kappa shape index (κ2) is 6.28. The van der Waals surface area contributed by atoms with Crippen molar-refractivity contribution in [3.8, 4) is 0 Å². The van der Waals surface area contributed by atoms with Gasteiger partial charge in [-0.3, -0.25) is 0 Å². The molecular formula is C14H27N3O2S. The second-order valence-corrected chi connectivity index (χ2v) is 8.35. The highest BCUT2D eigenvalue weighted by atomic mass is 32.2. The number of aromatic nitrogens is 1. The number of nitrogens with one attached hydrogen (secondary N) is 1. The van der Waals surface area contributed by atoms with Gasteiger partial charge in [0.05, 0.1) is 0 Å². The van der Waals surface area contributed by atoms with Gasteiger partial charge in [-0.05, 0) is 25.5 Å². The van der Waals surface area contributed by atoms with E-state index in [-0.39, 0.29) is 5.41 Å². The molecule has 0 aliphatic heterocycles. The maximum atomic E-state index is 12.6. The number of rotatable bonds is 6. The van der Waals surface area contributed by atoms with Gasteiger partial charge >= 0.3 is 0 Å². The molecule has 0 atom stereocenters. The van der Waals surface area contributed by atoms with Gasteiger partial charge in [0.25, 0.3) is 0 Å². The first-order valence-corrected chi connectivity index (χ1v) is 8.36. The number of aryl methyl sites for hydroxylation is 1. The van der Waals surface area contributed by atoms with E-state index in [9.17, 15) is 8.42 Å². The summed E-state index contributed by atoms with van der Waals surface area (Å²) in [6.07, 6.45) is 1.72. The molecule has 1 N–H and O–H groups in total. The fraction of sp³-hybridized carbons (Fsp3) is 0.714. The molecule has 6 heteroatoms. The van der Waals surface area contributed by atoms with Gasteiger partial charge in [-0.15, -0.1) is 0 Å². The molecule has 1 aromatic heterocycles. The van der Waals surface area contributed by atoms with E-state index >= 15 is 0 Å². The van der Waals surface area contributed by atoms with Crippen molar-refractivity contribution in [1.82, 2.24) is 14.2 Å². The first-order chi connectivity index (χ1) is 9.11. The normalized spacial score (nSPS) is 13.2. The van der Waals surface area contributed by atoms with Crippen molar-refractivity contribution < 1.29 is 8.42 Å². The van der Waals surface area contributed by atoms with Gasteiger partial charge < -0.3 is 9.88 Å². The topological polar surface area (TPSA) is 54.3 Å². The molecular weight excluding hydrogens is 274 g/mol. The Kier molecular flexibility index (Phi) is 5.40. The van der Waals surface area contributed by atoms with Crippen molar-refractivity contribution >= 4 is 10.0 Å². The molecule has 0 aliphatic carbocycles. The predicted octanol–water partition coefficient (Wildman–Crippen LogP) is 1.89. The van der Waals surface area contributed by atoms with Crippen LogP contribution in [0.4, 0.5) is 0 Å². The molecule has 0 aromatic carbocycles. The monoisotopic (exact) mass is 301 g/mol. The highest BCUT2D eigenvalue weighted by Crippen LogP contribution is 2.22. The van der Waals surface area contributed by atoms with Crippen molar-refractivity contribution in [1.29, 1.82) is 0 Å². The summed E-state index contributed by atoms with van der Waals surface area (Å²) < 4.78 is 28.6. The molecule has 116 valence electrons. The molecule has 1 heterocycles. The molecule has 0 aliphatic rings. The van der Waals surface area contributed by atoms with Crippen LogP contribution in [0, 0.1) is 5.41 Å². The smallest absolute Gasteiger partial charge is 0.244 e. The summed E-state index contributed by atoms with van der Waals surface area (Å²) in [6.45, 7) is 10.0. The van der Waals surface area contributed by atoms with Gasteiger partial charge in [-0.1, -0.05) is 20.8 Å². The predicted molar refractivity (Wildman–Crippen MR) is 82.1 cm³/mol. The van der Waals surface area contributed by atoms with E-state index in [1.807, 2.05) is 39.3 Å². The molecule has 0 fully saturated rings. The summed E-state index contributed by atoms with van der Waals surface area (Å²) in [6, 6.07) is 1.76. The first kappa shape index (κ1) is 17.2. The van der Waals surface area contributed by atoms with Crippen LogP contribution in [0.15, 0.2) is 17.2 Å². The Balaban J connectivity index is 3.09. The lowest BCUT2D eigenvalue weighted by atomic mass is 9.97. The maximum absolute atomic E-state index is 12.6.